The third kappa shape index (κ3) is 5.47. The minimum atomic E-state index is -0.0483. The van der Waals surface area contributed by atoms with E-state index >= 15 is 0 Å². The van der Waals surface area contributed by atoms with Gasteiger partial charge < -0.3 is 0 Å². The summed E-state index contributed by atoms with van der Waals surface area (Å²) in [7, 11) is 0. The molecule has 7 aromatic rings. The molecule has 1 aromatic heterocycles. The van der Waals surface area contributed by atoms with Gasteiger partial charge in [-0.2, -0.15) is 0 Å². The Morgan fingerprint density at radius 3 is 1.28 bits per heavy atom. The van der Waals surface area contributed by atoms with E-state index in [0.717, 1.165) is 27.8 Å². The van der Waals surface area contributed by atoms with E-state index < -0.39 is 0 Å². The van der Waals surface area contributed by atoms with Crippen LogP contribution in [0.3, 0.4) is 0 Å². The van der Waals surface area contributed by atoms with Crippen LogP contribution < -0.4 is 0 Å². The van der Waals surface area contributed by atoms with Crippen molar-refractivity contribution in [2.24, 2.45) is 0 Å². The molecule has 0 saturated carbocycles. The van der Waals surface area contributed by atoms with Crippen molar-refractivity contribution < 1.29 is 0 Å². The van der Waals surface area contributed by atoms with E-state index in [-0.39, 0.29) is 5.41 Å². The molecule has 0 amide bonds. The molecule has 1 heterocycles. The summed E-state index contributed by atoms with van der Waals surface area (Å²) in [6, 6.07) is 55.1. The first-order chi connectivity index (χ1) is 23.0. The van der Waals surface area contributed by atoms with Gasteiger partial charge in [-0.1, -0.05) is 153 Å². The average Bonchev–Trinajstić information content (AvgIpc) is 3.42. The molecule has 1 aliphatic rings. The number of aromatic nitrogens is 3. The second-order valence-corrected chi connectivity index (χ2v) is 12.6. The van der Waals surface area contributed by atoms with Crippen molar-refractivity contribution in [3.63, 3.8) is 0 Å². The number of hydrogen-bond donors (Lipinski definition) is 0. The smallest absolute Gasteiger partial charge is 0.164 e. The number of hydrogen-bond acceptors (Lipinski definition) is 3. The summed E-state index contributed by atoms with van der Waals surface area (Å²) in [6.07, 6.45) is 2.35. The zero-order valence-electron chi connectivity index (χ0n) is 26.4. The van der Waals surface area contributed by atoms with Crippen molar-refractivity contribution in [1.82, 2.24) is 15.0 Å². The monoisotopic (exact) mass is 603 g/mol. The van der Waals surface area contributed by atoms with Crippen LogP contribution in [0.5, 0.6) is 0 Å². The van der Waals surface area contributed by atoms with E-state index in [4.69, 9.17) is 15.0 Å². The highest BCUT2D eigenvalue weighted by atomic mass is 15.0. The third-order valence-electron chi connectivity index (χ3n) is 9.13. The molecule has 0 saturated heterocycles. The van der Waals surface area contributed by atoms with Gasteiger partial charge in [0.15, 0.2) is 17.5 Å². The maximum atomic E-state index is 4.95. The van der Waals surface area contributed by atoms with Crippen molar-refractivity contribution in [2.75, 3.05) is 0 Å². The second kappa shape index (κ2) is 11.8. The van der Waals surface area contributed by atoms with E-state index in [1.54, 1.807) is 0 Å². The van der Waals surface area contributed by atoms with Gasteiger partial charge in [-0.15, -0.1) is 0 Å². The molecule has 3 heteroatoms. The van der Waals surface area contributed by atoms with E-state index in [2.05, 4.69) is 117 Å². The lowest BCUT2D eigenvalue weighted by molar-refractivity contribution is 0.704. The maximum absolute atomic E-state index is 4.95. The van der Waals surface area contributed by atoms with Crippen LogP contribution in [0.2, 0.25) is 0 Å². The number of allylic oxidation sites excluding steroid dienone is 1. The van der Waals surface area contributed by atoms with E-state index in [1.165, 1.54) is 33.4 Å². The van der Waals surface area contributed by atoms with Crippen LogP contribution in [0.15, 0.2) is 158 Å². The first kappa shape index (κ1) is 28.5. The Hall–Kier alpha value is -5.93. The highest BCUT2D eigenvalue weighted by molar-refractivity contribution is 5.94. The topological polar surface area (TPSA) is 38.7 Å². The molecule has 224 valence electrons. The Labute approximate surface area is 276 Å². The summed E-state index contributed by atoms with van der Waals surface area (Å²) in [5.41, 5.74) is 12.8. The first-order valence-electron chi connectivity index (χ1n) is 16.0. The zero-order chi connectivity index (χ0) is 31.8. The van der Waals surface area contributed by atoms with Gasteiger partial charge in [-0.05, 0) is 68.8 Å². The highest BCUT2D eigenvalue weighted by Gasteiger charge is 2.33. The number of benzene rings is 6. The van der Waals surface area contributed by atoms with Gasteiger partial charge in [-0.3, -0.25) is 0 Å². The summed E-state index contributed by atoms with van der Waals surface area (Å²) in [5.74, 6) is 1.97. The van der Waals surface area contributed by atoms with Gasteiger partial charge in [0.05, 0.1) is 0 Å². The molecular weight excluding hydrogens is 571 g/mol. The minimum Gasteiger partial charge on any atom is -0.208 e. The Morgan fingerprint density at radius 2 is 0.745 bits per heavy atom. The minimum absolute atomic E-state index is 0.0483. The van der Waals surface area contributed by atoms with Crippen LogP contribution in [0, 0.1) is 0 Å². The van der Waals surface area contributed by atoms with Crippen molar-refractivity contribution in [1.29, 1.82) is 0 Å². The van der Waals surface area contributed by atoms with Crippen LogP contribution in [-0.2, 0) is 5.41 Å². The molecule has 0 radical (unpaired) electrons. The normalized spacial score (nSPS) is 13.2. The van der Waals surface area contributed by atoms with Gasteiger partial charge in [0.2, 0.25) is 0 Å². The predicted octanol–water partition coefficient (Wildman–Crippen LogP) is 11.0. The largest absolute Gasteiger partial charge is 0.208 e. The van der Waals surface area contributed by atoms with Crippen molar-refractivity contribution in [3.05, 3.63) is 174 Å². The summed E-state index contributed by atoms with van der Waals surface area (Å²) in [6.45, 7) is 4.64. The van der Waals surface area contributed by atoms with Crippen LogP contribution >= 0.6 is 0 Å². The Bertz CT molecular complexity index is 2210. The number of nitrogens with zero attached hydrogens (tertiary/aromatic N) is 3. The molecule has 0 bridgehead atoms. The van der Waals surface area contributed by atoms with Gasteiger partial charge in [0, 0.05) is 22.1 Å². The van der Waals surface area contributed by atoms with E-state index in [9.17, 15) is 0 Å². The van der Waals surface area contributed by atoms with Gasteiger partial charge in [-0.25, -0.2) is 15.0 Å². The molecule has 0 aliphatic heterocycles. The SMILES string of the molecule is CC1(C)C(c2cccc(-c3cccc(-c4cccc(-c5nc(-c6ccccc6)nc(-c6ccccc6)n5)c4)c3)c2)=Cc2ccccc21. The third-order valence-corrected chi connectivity index (χ3v) is 9.13. The molecule has 0 atom stereocenters. The Balaban J connectivity index is 1.16. The van der Waals surface area contributed by atoms with Crippen molar-refractivity contribution in [3.8, 4) is 56.4 Å². The van der Waals surface area contributed by atoms with Crippen LogP contribution in [0.25, 0.3) is 68.1 Å². The van der Waals surface area contributed by atoms with Gasteiger partial charge in [0.1, 0.15) is 0 Å². The van der Waals surface area contributed by atoms with Gasteiger partial charge >= 0.3 is 0 Å². The average molecular weight is 604 g/mol. The fourth-order valence-corrected chi connectivity index (χ4v) is 6.64. The molecule has 0 fully saturated rings. The zero-order valence-corrected chi connectivity index (χ0v) is 26.4. The number of fused-ring (bicyclic) bond motifs is 1. The fourth-order valence-electron chi connectivity index (χ4n) is 6.64. The molecular formula is C44H33N3. The summed E-state index contributed by atoms with van der Waals surface area (Å²) < 4.78 is 0. The van der Waals surface area contributed by atoms with Crippen molar-refractivity contribution >= 4 is 11.6 Å². The second-order valence-electron chi connectivity index (χ2n) is 12.6. The van der Waals surface area contributed by atoms with E-state index in [1.807, 2.05) is 60.7 Å². The lowest BCUT2D eigenvalue weighted by atomic mass is 9.78. The molecule has 6 aromatic carbocycles. The summed E-state index contributed by atoms with van der Waals surface area (Å²) in [5, 5.41) is 0. The first-order valence-corrected chi connectivity index (χ1v) is 16.0. The lowest BCUT2D eigenvalue weighted by Crippen LogP contribution is -2.16. The predicted molar refractivity (Wildman–Crippen MR) is 194 cm³/mol. The summed E-state index contributed by atoms with van der Waals surface area (Å²) >= 11 is 0. The lowest BCUT2D eigenvalue weighted by Gasteiger charge is -2.25. The quantitative estimate of drug-likeness (QED) is 0.190. The molecule has 0 spiro atoms. The van der Waals surface area contributed by atoms with Crippen LogP contribution in [0.4, 0.5) is 0 Å². The standard InChI is InChI=1S/C44H33N3/c1-44(2)39-25-10-9-18-37(39)29-40(44)36-23-12-21-34(27-36)32-19-11-20-33(26-32)35-22-13-24-38(28-35)43-46-41(30-14-5-3-6-15-30)45-42(47-43)31-16-7-4-8-17-31/h3-29H,1-2H3. The number of rotatable bonds is 6. The Kier molecular flexibility index (Phi) is 7.15. The van der Waals surface area contributed by atoms with Crippen LogP contribution in [0.1, 0.15) is 30.5 Å². The summed E-state index contributed by atoms with van der Waals surface area (Å²) in [4.78, 5) is 14.7. The molecule has 8 rings (SSSR count). The highest BCUT2D eigenvalue weighted by Crippen LogP contribution is 2.46. The van der Waals surface area contributed by atoms with Gasteiger partial charge in [0.25, 0.3) is 0 Å². The Morgan fingerprint density at radius 1 is 0.362 bits per heavy atom. The molecule has 0 N–H and O–H groups in total. The molecule has 0 unspecified atom stereocenters. The molecule has 3 nitrogen and oxygen atoms in total. The maximum Gasteiger partial charge on any atom is 0.164 e. The molecule has 47 heavy (non-hydrogen) atoms. The van der Waals surface area contributed by atoms with Crippen LogP contribution in [-0.4, -0.2) is 15.0 Å². The molecule has 1 aliphatic carbocycles. The van der Waals surface area contributed by atoms with E-state index in [0.29, 0.717) is 17.5 Å². The van der Waals surface area contributed by atoms with Crippen molar-refractivity contribution in [2.45, 2.75) is 19.3 Å². The fraction of sp³-hybridized carbons (Fsp3) is 0.0682.